The highest BCUT2D eigenvalue weighted by Crippen LogP contribution is 2.64. The molecule has 0 aliphatic heterocycles. The molecule has 0 amide bonds. The summed E-state index contributed by atoms with van der Waals surface area (Å²) in [5, 5.41) is 19.6. The second-order valence-electron chi connectivity index (χ2n) is 27.3. The Hall–Kier alpha value is -14.5. The lowest BCUT2D eigenvalue weighted by atomic mass is 9.70. The smallest absolute Gasteiger partial charge is 0.0726 e. The molecule has 113 heavy (non-hydrogen) atoms. The average Bonchev–Trinajstić information content (AvgIpc) is 1.51. The van der Waals surface area contributed by atoms with E-state index in [1.54, 1.807) is 24.3 Å². The normalized spacial score (nSPS) is 12.0. The van der Waals surface area contributed by atoms with E-state index in [2.05, 4.69) is 336 Å². The van der Waals surface area contributed by atoms with Crippen LogP contribution in [0.25, 0.3) is 59.6 Å². The summed E-state index contributed by atoms with van der Waals surface area (Å²) in [6.07, 6.45) is 1.84. The summed E-state index contributed by atoms with van der Waals surface area (Å²) in [6.45, 7) is 5.91. The Morgan fingerprint density at radius 2 is 0.699 bits per heavy atom. The quantitative estimate of drug-likeness (QED) is 0.0705. The zero-order chi connectivity index (χ0) is 80.7. The molecule has 0 fully saturated rings. The van der Waals surface area contributed by atoms with Crippen molar-refractivity contribution in [3.63, 3.8) is 0 Å². The van der Waals surface area contributed by atoms with Crippen molar-refractivity contribution < 1.29 is 6.85 Å². The topological polar surface area (TPSA) is 63.4 Å². The van der Waals surface area contributed by atoms with Crippen LogP contribution >= 0.6 is 11.3 Å². The molecule has 5 N–H and O–H groups in total. The Labute approximate surface area is 674 Å². The summed E-state index contributed by atoms with van der Waals surface area (Å²) in [5.41, 5.74) is 28.4. The zero-order valence-corrected chi connectivity index (χ0v) is 63.2. The molecule has 6 nitrogen and oxygen atoms in total. The van der Waals surface area contributed by atoms with Crippen LogP contribution in [-0.4, -0.2) is 0 Å². The second-order valence-corrected chi connectivity index (χ2v) is 28.4. The van der Waals surface area contributed by atoms with Crippen molar-refractivity contribution in [3.8, 4) is 33.4 Å². The molecule has 0 atom stereocenters. The van der Waals surface area contributed by atoms with Gasteiger partial charge in [-0.2, -0.15) is 0 Å². The number of para-hydroxylation sites is 7. The molecule has 2 aliphatic carbocycles. The molecule has 1 aromatic heterocycles. The van der Waals surface area contributed by atoms with Gasteiger partial charge in [0.15, 0.2) is 0 Å². The molecular weight excluding hydrogens is 1390 g/mol. The van der Waals surface area contributed by atoms with E-state index in [9.17, 15) is 0 Å². The Morgan fingerprint density at radius 1 is 0.310 bits per heavy atom. The molecule has 544 valence electrons. The predicted molar refractivity (Wildman–Crippen MR) is 485 cm³/mol. The minimum Gasteiger partial charge on any atom is -0.356 e. The summed E-state index contributed by atoms with van der Waals surface area (Å²) < 4.78 is 40.8. The maximum absolute atomic E-state index is 7.75. The van der Waals surface area contributed by atoms with Gasteiger partial charge >= 0.3 is 0 Å². The first kappa shape index (κ1) is 66.7. The van der Waals surface area contributed by atoms with E-state index in [-0.39, 0.29) is 41.3 Å². The molecule has 1 heterocycles. The molecule has 2 aliphatic rings. The van der Waals surface area contributed by atoms with Gasteiger partial charge in [0, 0.05) is 99.7 Å². The first-order valence-corrected chi connectivity index (χ1v) is 38.6. The third-order valence-corrected chi connectivity index (χ3v) is 21.1. The van der Waals surface area contributed by atoms with Gasteiger partial charge in [-0.15, -0.1) is 11.3 Å². The van der Waals surface area contributed by atoms with Gasteiger partial charge < -0.3 is 31.5 Å². The third kappa shape index (κ3) is 16.6. The first-order valence-electron chi connectivity index (χ1n) is 40.3. The van der Waals surface area contributed by atoms with Crippen LogP contribution in [0.2, 0.25) is 0 Å². The van der Waals surface area contributed by atoms with Gasteiger partial charge in [-0.05, 0) is 226 Å². The number of aryl methyl sites for hydroxylation is 1. The Morgan fingerprint density at radius 3 is 1.25 bits per heavy atom. The van der Waals surface area contributed by atoms with E-state index >= 15 is 0 Å². The molecule has 1 spiro atoms. The van der Waals surface area contributed by atoms with E-state index in [4.69, 9.17) is 6.85 Å². The molecule has 7 heteroatoms. The highest BCUT2D eigenvalue weighted by molar-refractivity contribution is 7.25. The van der Waals surface area contributed by atoms with Crippen molar-refractivity contribution in [2.24, 2.45) is 0 Å². The SMILES string of the molecule is C=Cc1ccc(Nc2ccccc2)cc1.Cc1cccc2sc3ccc(Nc4ccccc4)cc3c12.[2H]c1c([2H])c([2H])c(Nc2ccccc2)c([2H])c1[2H].c1ccc(-c2ccc(Nc3cccc(N(c4ccccc4)c4ccccc4)c3)cc2)cc1.c1ccc(Nc2cccc3c2-c2ccccc2C32c3ccccc3-c3ccccc32)cc1. The fourth-order valence-corrected chi connectivity index (χ4v) is 16.1. The van der Waals surface area contributed by atoms with Crippen molar-refractivity contribution >= 4 is 112 Å². The number of fused-ring (bicyclic) bond motifs is 13. The van der Waals surface area contributed by atoms with Gasteiger partial charge in [-0.1, -0.05) is 298 Å². The highest BCUT2D eigenvalue weighted by atomic mass is 32.1. The van der Waals surface area contributed by atoms with Crippen LogP contribution in [0.1, 0.15) is 40.2 Å². The van der Waals surface area contributed by atoms with Gasteiger partial charge in [-0.25, -0.2) is 0 Å². The number of nitrogens with one attached hydrogen (secondary N) is 5. The summed E-state index contributed by atoms with van der Waals surface area (Å²) in [6, 6.07) is 142. The summed E-state index contributed by atoms with van der Waals surface area (Å²) in [7, 11) is 0. The average molecular weight is 1480 g/mol. The number of rotatable bonds is 15. The third-order valence-electron chi connectivity index (χ3n) is 20.0. The number of nitrogens with zero attached hydrogens (tertiary/aromatic N) is 1. The molecule has 20 rings (SSSR count). The molecule has 0 saturated heterocycles. The summed E-state index contributed by atoms with van der Waals surface area (Å²) in [5.74, 6) is 0. The molecular formula is C106H84N6S. The van der Waals surface area contributed by atoms with Crippen LogP contribution in [0, 0.1) is 6.92 Å². The van der Waals surface area contributed by atoms with E-state index in [1.165, 1.54) is 81.4 Å². The molecule has 0 bridgehead atoms. The molecule has 0 saturated carbocycles. The number of hydrogen-bond acceptors (Lipinski definition) is 7. The van der Waals surface area contributed by atoms with Crippen molar-refractivity contribution in [2.45, 2.75) is 12.3 Å². The van der Waals surface area contributed by atoms with Gasteiger partial charge in [0.2, 0.25) is 0 Å². The van der Waals surface area contributed by atoms with Crippen molar-refractivity contribution in [1.82, 2.24) is 0 Å². The number of hydrogen-bond donors (Lipinski definition) is 5. The lowest BCUT2D eigenvalue weighted by Crippen LogP contribution is -2.25. The van der Waals surface area contributed by atoms with Crippen molar-refractivity contribution in [1.29, 1.82) is 0 Å². The van der Waals surface area contributed by atoms with Gasteiger partial charge in [0.05, 0.1) is 12.3 Å². The maximum Gasteiger partial charge on any atom is 0.0726 e. The fourth-order valence-electron chi connectivity index (χ4n) is 14.9. The van der Waals surface area contributed by atoms with Crippen LogP contribution in [-0.2, 0) is 5.41 Å². The van der Waals surface area contributed by atoms with Crippen LogP contribution < -0.4 is 31.5 Å². The van der Waals surface area contributed by atoms with E-state index < -0.39 is 0 Å². The fraction of sp³-hybridized carbons (Fsp3) is 0.0189. The van der Waals surface area contributed by atoms with E-state index in [0.29, 0.717) is 5.69 Å². The molecule has 17 aromatic carbocycles. The van der Waals surface area contributed by atoms with E-state index in [1.807, 2.05) is 114 Å². The Kier molecular flexibility index (Phi) is 20.5. The number of anilines is 13. The van der Waals surface area contributed by atoms with Crippen LogP contribution in [0.15, 0.2) is 449 Å². The Balaban J connectivity index is 0.000000114. The molecule has 18 aromatic rings. The first-order chi connectivity index (χ1) is 58.0. The summed E-state index contributed by atoms with van der Waals surface area (Å²) >= 11 is 1.86. The molecule has 0 radical (unpaired) electrons. The minimum absolute atomic E-state index is 0.0900. The Bertz CT molecular complexity index is 6370. The van der Waals surface area contributed by atoms with Crippen molar-refractivity contribution in [2.75, 3.05) is 31.5 Å². The predicted octanol–water partition coefficient (Wildman–Crippen LogP) is 30.0. The van der Waals surface area contributed by atoms with Gasteiger partial charge in [0.25, 0.3) is 0 Å². The number of benzene rings is 17. The monoisotopic (exact) mass is 1480 g/mol. The maximum atomic E-state index is 7.75. The second kappa shape index (κ2) is 34.8. The highest BCUT2D eigenvalue weighted by Gasteiger charge is 2.52. The van der Waals surface area contributed by atoms with Crippen LogP contribution in [0.4, 0.5) is 73.9 Å². The van der Waals surface area contributed by atoms with Gasteiger partial charge in [0.1, 0.15) is 0 Å². The minimum atomic E-state index is -0.386. The largest absolute Gasteiger partial charge is 0.356 e. The zero-order valence-electron chi connectivity index (χ0n) is 67.4. The lowest BCUT2D eigenvalue weighted by Gasteiger charge is -2.30. The standard InChI is InChI=1S/C31H21N.C30H24N2.C19H15NS.C14H13N.C12H11N/c1-2-11-21(12-3-1)32-29-20-10-19-28-30(29)24-15-6-9-18-27(24)31(28)25-16-7-4-13-22(25)23-14-5-8-17-26(23)31;1-4-11-24(12-5-1)25-19-21-26(22-20-25)31-27-13-10-18-30(23-27)32(28-14-6-2-7-15-28)29-16-8-3-9-17-29;1-13-6-5-9-18-19(13)16-12-15(10-11-17(16)21-18)20-14-7-3-2-4-8-14;1-2-12-8-10-14(11-9-12)15-13-6-4-3-5-7-13;1-3-7-11(8-4-1)13-12-9-5-2-6-10-12/h1-20,32H;1-23,31H;2-12,20H,1H3;2-11,15H,1H2;1-10,13H/i;;;;1D,3D,4D,7D,8D. The lowest BCUT2D eigenvalue weighted by molar-refractivity contribution is 0.794. The summed E-state index contributed by atoms with van der Waals surface area (Å²) in [4.78, 5) is 2.27. The van der Waals surface area contributed by atoms with Crippen molar-refractivity contribution in [3.05, 3.63) is 483 Å². The van der Waals surface area contributed by atoms with Crippen LogP contribution in [0.5, 0.6) is 0 Å². The van der Waals surface area contributed by atoms with Crippen LogP contribution in [0.3, 0.4) is 0 Å². The molecule has 0 unspecified atom stereocenters. The number of thiophene rings is 1. The van der Waals surface area contributed by atoms with Gasteiger partial charge in [-0.3, -0.25) is 0 Å². The van der Waals surface area contributed by atoms with E-state index in [0.717, 1.165) is 68.1 Å².